The molecule has 1 aromatic heterocycles. The monoisotopic (exact) mass is 446 g/mol. The minimum absolute atomic E-state index is 0.325. The Morgan fingerprint density at radius 2 is 1.93 bits per heavy atom. The molecule has 0 aliphatic carbocycles. The van der Waals surface area contributed by atoms with Gasteiger partial charge in [-0.05, 0) is 50.3 Å². The second-order valence-electron chi connectivity index (χ2n) is 8.23. The third-order valence-electron chi connectivity index (χ3n) is 6.12. The molecule has 30 heavy (non-hydrogen) atoms. The molecule has 1 aromatic carbocycles. The molecule has 2 bridgehead atoms. The summed E-state index contributed by atoms with van der Waals surface area (Å²) < 4.78 is 0.691. The second kappa shape index (κ2) is 10.1. The minimum atomic E-state index is -0.623. The number of nitrogens with zero attached hydrogens (tertiary/aromatic N) is 2. The number of nitrogens with one attached hydrogen (secondary N) is 2. The molecule has 0 amide bonds. The van der Waals surface area contributed by atoms with Crippen LogP contribution in [-0.4, -0.2) is 47.2 Å². The number of guanidine groups is 1. The molecule has 162 valence electrons. The molecule has 3 unspecified atom stereocenters. The van der Waals surface area contributed by atoms with Crippen molar-refractivity contribution in [3.8, 4) is 0 Å². The van der Waals surface area contributed by atoms with Gasteiger partial charge < -0.3 is 15.7 Å². The predicted molar refractivity (Wildman–Crippen MR) is 125 cm³/mol. The van der Waals surface area contributed by atoms with Crippen LogP contribution in [0.5, 0.6) is 0 Å². The Labute approximate surface area is 188 Å². The van der Waals surface area contributed by atoms with Gasteiger partial charge in [-0.15, -0.1) is 11.3 Å². The van der Waals surface area contributed by atoms with Gasteiger partial charge in [0.15, 0.2) is 5.96 Å². The fraction of sp³-hybridized carbons (Fsp3) is 0.522. The number of benzene rings is 1. The molecule has 2 fully saturated rings. The van der Waals surface area contributed by atoms with Crippen LogP contribution in [0.1, 0.15) is 49.2 Å². The van der Waals surface area contributed by atoms with E-state index in [0.29, 0.717) is 29.0 Å². The molecule has 3 N–H and O–H groups in total. The molecule has 3 atom stereocenters. The largest absolute Gasteiger partial charge is 0.386 e. The van der Waals surface area contributed by atoms with Crippen LogP contribution in [0.3, 0.4) is 0 Å². The Kier molecular flexibility index (Phi) is 7.31. The second-order valence-corrected chi connectivity index (χ2v) is 9.98. The first kappa shape index (κ1) is 21.6. The van der Waals surface area contributed by atoms with E-state index in [1.165, 1.54) is 29.7 Å². The summed E-state index contributed by atoms with van der Waals surface area (Å²) >= 11 is 7.39. The summed E-state index contributed by atoms with van der Waals surface area (Å²) in [6.07, 6.45) is 4.21. The van der Waals surface area contributed by atoms with E-state index < -0.39 is 6.10 Å². The molecular formula is C23H31ClN4OS. The normalized spacial score (nSPS) is 25.3. The van der Waals surface area contributed by atoms with Crippen molar-refractivity contribution < 1.29 is 5.11 Å². The van der Waals surface area contributed by atoms with Crippen LogP contribution in [0.25, 0.3) is 0 Å². The molecule has 2 aliphatic rings. The zero-order valence-electron chi connectivity index (χ0n) is 17.4. The van der Waals surface area contributed by atoms with Crippen LogP contribution in [0.2, 0.25) is 4.34 Å². The lowest BCUT2D eigenvalue weighted by Crippen LogP contribution is -2.52. The van der Waals surface area contributed by atoms with Gasteiger partial charge in [-0.1, -0.05) is 41.9 Å². The fourth-order valence-electron chi connectivity index (χ4n) is 4.73. The maximum atomic E-state index is 10.4. The van der Waals surface area contributed by atoms with Crippen molar-refractivity contribution in [1.29, 1.82) is 0 Å². The van der Waals surface area contributed by atoms with E-state index in [-0.39, 0.29) is 0 Å². The summed E-state index contributed by atoms with van der Waals surface area (Å²) in [6, 6.07) is 16.2. The third-order valence-corrected chi connectivity index (χ3v) is 7.45. The Bertz CT molecular complexity index is 829. The van der Waals surface area contributed by atoms with Crippen molar-refractivity contribution in [3.05, 3.63) is 57.2 Å². The SMILES string of the molecule is CCNC(=NCC(O)c1ccc(Cl)s1)NC1CC2CCC(C1)N2Cc1ccccc1. The van der Waals surface area contributed by atoms with Gasteiger partial charge in [0, 0.05) is 36.1 Å². The number of hydrogen-bond donors (Lipinski definition) is 3. The van der Waals surface area contributed by atoms with E-state index >= 15 is 0 Å². The Morgan fingerprint density at radius 1 is 1.20 bits per heavy atom. The van der Waals surface area contributed by atoms with Crippen molar-refractivity contribution in [2.45, 2.75) is 63.4 Å². The van der Waals surface area contributed by atoms with E-state index in [1.54, 1.807) is 0 Å². The van der Waals surface area contributed by atoms with Gasteiger partial charge in [-0.3, -0.25) is 9.89 Å². The lowest BCUT2D eigenvalue weighted by atomic mass is 9.96. The number of hydrogen-bond acceptors (Lipinski definition) is 4. The summed E-state index contributed by atoms with van der Waals surface area (Å²) in [6.45, 7) is 4.24. The van der Waals surface area contributed by atoms with Crippen molar-refractivity contribution >= 4 is 28.9 Å². The molecule has 2 aromatic rings. The van der Waals surface area contributed by atoms with Gasteiger partial charge in [0.1, 0.15) is 6.10 Å². The standard InChI is InChI=1S/C23H31ClN4OS/c1-2-25-23(26-14-20(29)21-10-11-22(24)30-21)27-17-12-18-8-9-19(13-17)28(18)15-16-6-4-3-5-7-16/h3-7,10-11,17-20,29H,2,8-9,12-15H2,1H3,(H2,25,26,27). The summed E-state index contributed by atoms with van der Waals surface area (Å²) in [5.41, 5.74) is 1.40. The fourth-order valence-corrected chi connectivity index (χ4v) is 5.77. The highest BCUT2D eigenvalue weighted by atomic mass is 35.5. The molecule has 3 heterocycles. The molecule has 0 saturated carbocycles. The first-order valence-corrected chi connectivity index (χ1v) is 12.1. The van der Waals surface area contributed by atoms with Crippen LogP contribution >= 0.6 is 22.9 Å². The van der Waals surface area contributed by atoms with Crippen molar-refractivity contribution in [3.63, 3.8) is 0 Å². The first-order valence-electron chi connectivity index (χ1n) is 10.9. The highest BCUT2D eigenvalue weighted by Crippen LogP contribution is 2.36. The van der Waals surface area contributed by atoms with Crippen LogP contribution in [0.4, 0.5) is 0 Å². The maximum Gasteiger partial charge on any atom is 0.191 e. The molecular weight excluding hydrogens is 416 g/mol. The average Bonchev–Trinajstić information content (AvgIpc) is 3.27. The van der Waals surface area contributed by atoms with Crippen LogP contribution in [-0.2, 0) is 6.54 Å². The van der Waals surface area contributed by atoms with Crippen molar-refractivity contribution in [2.24, 2.45) is 4.99 Å². The minimum Gasteiger partial charge on any atom is -0.386 e. The highest BCUT2D eigenvalue weighted by molar-refractivity contribution is 7.16. The van der Waals surface area contributed by atoms with Crippen molar-refractivity contribution in [1.82, 2.24) is 15.5 Å². The number of thiophene rings is 1. The number of rotatable bonds is 7. The molecule has 0 radical (unpaired) electrons. The van der Waals surface area contributed by atoms with E-state index in [2.05, 4.69) is 57.8 Å². The number of aliphatic imine (C=N–C) groups is 1. The number of halogens is 1. The average molecular weight is 447 g/mol. The van der Waals surface area contributed by atoms with Crippen LogP contribution < -0.4 is 10.6 Å². The van der Waals surface area contributed by atoms with E-state index in [0.717, 1.165) is 36.8 Å². The van der Waals surface area contributed by atoms with Gasteiger partial charge in [0.25, 0.3) is 0 Å². The summed E-state index contributed by atoms with van der Waals surface area (Å²) in [4.78, 5) is 8.19. The first-order chi connectivity index (χ1) is 14.6. The molecule has 5 nitrogen and oxygen atoms in total. The van der Waals surface area contributed by atoms with Crippen LogP contribution in [0, 0.1) is 0 Å². The Balaban J connectivity index is 1.34. The summed E-state index contributed by atoms with van der Waals surface area (Å²) in [5.74, 6) is 0.792. The lowest BCUT2D eigenvalue weighted by Gasteiger charge is -2.39. The Hall–Kier alpha value is -1.60. The van der Waals surface area contributed by atoms with Crippen LogP contribution in [0.15, 0.2) is 47.5 Å². The highest BCUT2D eigenvalue weighted by Gasteiger charge is 2.40. The maximum absolute atomic E-state index is 10.4. The van der Waals surface area contributed by atoms with E-state index in [9.17, 15) is 5.11 Å². The zero-order valence-corrected chi connectivity index (χ0v) is 19.0. The Morgan fingerprint density at radius 3 is 2.57 bits per heavy atom. The van der Waals surface area contributed by atoms with Gasteiger partial charge in [0.05, 0.1) is 10.9 Å². The van der Waals surface area contributed by atoms with Gasteiger partial charge in [0.2, 0.25) is 0 Å². The zero-order chi connectivity index (χ0) is 20.9. The number of fused-ring (bicyclic) bond motifs is 2. The molecule has 4 rings (SSSR count). The number of aliphatic hydroxyl groups is 1. The van der Waals surface area contributed by atoms with E-state index in [4.69, 9.17) is 11.6 Å². The molecule has 2 aliphatic heterocycles. The van der Waals surface area contributed by atoms with Gasteiger partial charge >= 0.3 is 0 Å². The lowest BCUT2D eigenvalue weighted by molar-refractivity contribution is 0.114. The number of piperidine rings is 1. The molecule has 7 heteroatoms. The third kappa shape index (κ3) is 5.35. The van der Waals surface area contributed by atoms with Crippen molar-refractivity contribution in [2.75, 3.05) is 13.1 Å². The van der Waals surface area contributed by atoms with E-state index in [1.807, 2.05) is 12.1 Å². The van der Waals surface area contributed by atoms with Gasteiger partial charge in [-0.25, -0.2) is 0 Å². The summed E-state index contributed by atoms with van der Waals surface area (Å²) in [5, 5.41) is 17.4. The predicted octanol–water partition coefficient (Wildman–Crippen LogP) is 4.19. The molecule has 0 spiro atoms. The molecule has 2 saturated heterocycles. The summed E-state index contributed by atoms with van der Waals surface area (Å²) in [7, 11) is 0. The topological polar surface area (TPSA) is 59.9 Å². The smallest absolute Gasteiger partial charge is 0.191 e. The quantitative estimate of drug-likeness (QED) is 0.441. The number of aliphatic hydroxyl groups excluding tert-OH is 1. The van der Waals surface area contributed by atoms with Gasteiger partial charge in [-0.2, -0.15) is 0 Å².